The van der Waals surface area contributed by atoms with E-state index >= 15 is 0 Å². The zero-order valence-electron chi connectivity index (χ0n) is 30.2. The molecule has 0 unspecified atom stereocenters. The second-order valence-electron chi connectivity index (χ2n) is 12.9. The van der Waals surface area contributed by atoms with Crippen molar-refractivity contribution in [2.75, 3.05) is 23.7 Å². The predicted molar refractivity (Wildman–Crippen MR) is 212 cm³/mol. The number of halogens is 8. The molecule has 0 aliphatic rings. The molecule has 2 heterocycles. The molecule has 56 heavy (non-hydrogen) atoms. The number of alkyl halides is 6. The summed E-state index contributed by atoms with van der Waals surface area (Å²) in [5.74, 6) is -0.889. The Labute approximate surface area is 334 Å². The smallest absolute Gasteiger partial charge is 0.390 e. The number of hydrogen-bond acceptors (Lipinski definition) is 6. The fraction of sp³-hybridized carbons (Fsp3) is 0.282. The number of carbonyl (C=O) groups excluding carboxylic acids is 1. The first-order valence-electron chi connectivity index (χ1n) is 17.3. The van der Waals surface area contributed by atoms with Gasteiger partial charge in [0.25, 0.3) is 0 Å². The van der Waals surface area contributed by atoms with Crippen LogP contribution in [-0.4, -0.2) is 61.4 Å². The Morgan fingerprint density at radius 3 is 1.50 bits per heavy atom. The lowest BCUT2D eigenvalue weighted by molar-refractivity contribution is -0.132. The topological polar surface area (TPSA) is 114 Å². The molecule has 0 amide bonds. The Morgan fingerprint density at radius 1 is 0.696 bits per heavy atom. The summed E-state index contributed by atoms with van der Waals surface area (Å²) in [6.07, 6.45) is -5.83. The van der Waals surface area contributed by atoms with Crippen LogP contribution in [0, 0.1) is 13.8 Å². The van der Waals surface area contributed by atoms with Gasteiger partial charge in [-0.25, -0.2) is 14.8 Å². The average molecular weight is 911 g/mol. The van der Waals surface area contributed by atoms with Crippen LogP contribution in [0.2, 0.25) is 0 Å². The molecule has 0 spiro atoms. The highest BCUT2D eigenvalue weighted by Crippen LogP contribution is 2.32. The Hall–Kier alpha value is -4.90. The summed E-state index contributed by atoms with van der Waals surface area (Å²) in [5.41, 5.74) is 7.49. The van der Waals surface area contributed by atoms with E-state index < -0.39 is 31.2 Å². The SMILES string of the molecule is CCCC(=O)c1ccc(-n2cnc3c(NCCC(F)(F)F)cc(Br)cc32)cc1C.Cc1cc(-n2cnc3c(NCCC(F)(F)F)cc(Br)cc32)ccc1C(=O)O. The first-order valence-corrected chi connectivity index (χ1v) is 18.9. The van der Waals surface area contributed by atoms with Gasteiger partial charge in [0.1, 0.15) is 23.7 Å². The molecule has 0 atom stereocenters. The molecule has 0 bridgehead atoms. The van der Waals surface area contributed by atoms with Crippen molar-refractivity contribution in [1.29, 1.82) is 0 Å². The Balaban J connectivity index is 0.000000215. The highest BCUT2D eigenvalue weighted by Gasteiger charge is 2.27. The maximum absolute atomic E-state index is 12.5. The van der Waals surface area contributed by atoms with Gasteiger partial charge >= 0.3 is 18.3 Å². The minimum atomic E-state index is -4.24. The van der Waals surface area contributed by atoms with E-state index in [1.54, 1.807) is 54.5 Å². The van der Waals surface area contributed by atoms with E-state index in [1.165, 1.54) is 6.07 Å². The van der Waals surface area contributed by atoms with Gasteiger partial charge in [-0.1, -0.05) is 38.8 Å². The lowest BCUT2D eigenvalue weighted by Gasteiger charge is -2.12. The van der Waals surface area contributed by atoms with Crippen LogP contribution in [0.15, 0.2) is 82.3 Å². The van der Waals surface area contributed by atoms with Gasteiger partial charge in [0, 0.05) is 45.4 Å². The quantitative estimate of drug-likeness (QED) is 0.0828. The average Bonchev–Trinajstić information content (AvgIpc) is 3.72. The van der Waals surface area contributed by atoms with Gasteiger partial charge in [-0.05, 0) is 92.1 Å². The second kappa shape index (κ2) is 17.5. The molecule has 0 fully saturated rings. The van der Waals surface area contributed by atoms with Gasteiger partial charge in [0.15, 0.2) is 5.78 Å². The summed E-state index contributed by atoms with van der Waals surface area (Å²) >= 11 is 6.79. The molecule has 0 aliphatic heterocycles. The number of aromatic carboxylic acids is 1. The first kappa shape index (κ1) is 42.2. The lowest BCUT2D eigenvalue weighted by atomic mass is 10.0. The summed E-state index contributed by atoms with van der Waals surface area (Å²) < 4.78 is 79.6. The van der Waals surface area contributed by atoms with Crippen LogP contribution in [0.4, 0.5) is 37.7 Å². The number of nitrogens with zero attached hydrogens (tertiary/aromatic N) is 4. The lowest BCUT2D eigenvalue weighted by Crippen LogP contribution is -2.14. The minimum Gasteiger partial charge on any atom is -0.478 e. The molecule has 2 aromatic heterocycles. The second-order valence-corrected chi connectivity index (χ2v) is 14.8. The van der Waals surface area contributed by atoms with Crippen LogP contribution in [0.25, 0.3) is 33.4 Å². The van der Waals surface area contributed by atoms with Gasteiger partial charge in [0.2, 0.25) is 0 Å². The van der Waals surface area contributed by atoms with Gasteiger partial charge in [-0.2, -0.15) is 26.3 Å². The van der Waals surface area contributed by atoms with Crippen molar-refractivity contribution in [3.8, 4) is 11.4 Å². The van der Waals surface area contributed by atoms with E-state index in [2.05, 4.69) is 52.5 Å². The largest absolute Gasteiger partial charge is 0.478 e. The summed E-state index contributed by atoms with van der Waals surface area (Å²) in [6, 6.07) is 17.5. The molecule has 0 radical (unpaired) electrons. The maximum Gasteiger partial charge on any atom is 0.390 e. The molecule has 6 aromatic rings. The van der Waals surface area contributed by atoms with Crippen molar-refractivity contribution in [3.05, 3.63) is 105 Å². The first-order chi connectivity index (χ1) is 26.3. The van der Waals surface area contributed by atoms with E-state index in [0.717, 1.165) is 27.7 Å². The molecule has 4 aromatic carbocycles. The molecular formula is C39H36Br2F6N6O3. The maximum atomic E-state index is 12.5. The number of fused-ring (bicyclic) bond motifs is 2. The van der Waals surface area contributed by atoms with Gasteiger partial charge in [-0.3, -0.25) is 13.9 Å². The number of ketones is 1. The number of rotatable bonds is 12. The third-order valence-electron chi connectivity index (χ3n) is 8.66. The molecule has 6 rings (SSSR count). The fourth-order valence-corrected chi connectivity index (χ4v) is 6.92. The monoisotopic (exact) mass is 908 g/mol. The standard InChI is InChI=1S/C21H21BrF3N3O.C18H15BrF3N3O2/c1-3-4-19(29)16-6-5-15(9-13(16)2)28-12-27-20-17(10-14(22)11-18(20)28)26-8-7-21(23,24)25;1-10-6-12(2-3-13(10)17(26)27)25-9-24-16-14(7-11(19)8-15(16)25)23-5-4-18(20,21)22/h5-6,9-12,26H,3-4,7-8H2,1-2H3;2-3,6-9,23H,4-5H2,1H3,(H,26,27). The predicted octanol–water partition coefficient (Wildman–Crippen LogP) is 11.6. The molecule has 0 saturated carbocycles. The summed E-state index contributed by atoms with van der Waals surface area (Å²) in [5, 5.41) is 14.8. The Kier molecular flexibility index (Phi) is 13.2. The summed E-state index contributed by atoms with van der Waals surface area (Å²) in [6.45, 7) is 5.08. The Morgan fingerprint density at radius 2 is 1.12 bits per heavy atom. The molecule has 17 heteroatoms. The number of benzene rings is 4. The van der Waals surface area contributed by atoms with Crippen molar-refractivity contribution in [2.45, 2.75) is 58.8 Å². The van der Waals surface area contributed by atoms with Crippen LogP contribution >= 0.6 is 31.9 Å². The molecule has 9 nitrogen and oxygen atoms in total. The van der Waals surface area contributed by atoms with E-state index in [9.17, 15) is 35.9 Å². The van der Waals surface area contributed by atoms with Crippen LogP contribution in [0.5, 0.6) is 0 Å². The number of carboxylic acids is 1. The third kappa shape index (κ3) is 10.5. The number of carboxylic acid groups (broad SMARTS) is 1. The molecule has 0 aliphatic carbocycles. The van der Waals surface area contributed by atoms with Crippen LogP contribution in [-0.2, 0) is 0 Å². The van der Waals surface area contributed by atoms with E-state index in [-0.39, 0.29) is 24.4 Å². The van der Waals surface area contributed by atoms with Crippen molar-refractivity contribution in [1.82, 2.24) is 19.1 Å². The molecular weight excluding hydrogens is 874 g/mol. The summed E-state index contributed by atoms with van der Waals surface area (Å²) in [7, 11) is 0. The number of anilines is 2. The molecule has 3 N–H and O–H groups in total. The zero-order valence-corrected chi connectivity index (χ0v) is 33.4. The number of aromatic nitrogens is 4. The van der Waals surface area contributed by atoms with Crippen LogP contribution in [0.1, 0.15) is 64.4 Å². The number of carbonyl (C=O) groups is 2. The van der Waals surface area contributed by atoms with Crippen molar-refractivity contribution >= 4 is 77.1 Å². The number of aryl methyl sites for hydroxylation is 2. The van der Waals surface area contributed by atoms with Crippen LogP contribution in [0.3, 0.4) is 0 Å². The summed E-state index contributed by atoms with van der Waals surface area (Å²) in [4.78, 5) is 32.1. The third-order valence-corrected chi connectivity index (χ3v) is 9.58. The van der Waals surface area contributed by atoms with Crippen molar-refractivity contribution in [3.63, 3.8) is 0 Å². The van der Waals surface area contributed by atoms with Crippen molar-refractivity contribution < 1.29 is 41.0 Å². The highest BCUT2D eigenvalue weighted by molar-refractivity contribution is 9.10. The highest BCUT2D eigenvalue weighted by atomic mass is 79.9. The van der Waals surface area contributed by atoms with E-state index in [1.807, 2.05) is 42.7 Å². The minimum absolute atomic E-state index is 0.117. The number of imidazole rings is 2. The zero-order chi connectivity index (χ0) is 40.9. The van der Waals surface area contributed by atoms with Crippen LogP contribution < -0.4 is 10.6 Å². The fourth-order valence-electron chi connectivity index (χ4n) is 6.03. The van der Waals surface area contributed by atoms with Crippen molar-refractivity contribution in [2.24, 2.45) is 0 Å². The number of Topliss-reactive ketones (excluding diaryl/α,β-unsaturated/α-hetero) is 1. The number of hydrogen-bond donors (Lipinski definition) is 3. The van der Waals surface area contributed by atoms with Gasteiger partial charge < -0.3 is 15.7 Å². The van der Waals surface area contributed by atoms with Gasteiger partial charge in [0.05, 0.1) is 40.8 Å². The van der Waals surface area contributed by atoms with E-state index in [4.69, 9.17) is 5.11 Å². The Bertz CT molecular complexity index is 2390. The normalized spacial score (nSPS) is 11.8. The van der Waals surface area contributed by atoms with E-state index in [0.29, 0.717) is 55.6 Å². The number of nitrogens with one attached hydrogen (secondary N) is 2. The molecule has 296 valence electrons. The molecule has 0 saturated heterocycles. The van der Waals surface area contributed by atoms with Gasteiger partial charge in [-0.15, -0.1) is 0 Å².